The van der Waals surface area contributed by atoms with Crippen LogP contribution in [-0.2, 0) is 19.4 Å². The van der Waals surface area contributed by atoms with Crippen LogP contribution < -0.4 is 14.8 Å². The standard InChI is InChI=1S/C19H23NO2/c1-3-22-19-11-14(7-10-18(19)21-2)13-20-17-9-8-15-5-4-6-16(15)12-17/h7-12,20H,3-6,13H2,1-2H3. The maximum Gasteiger partial charge on any atom is 0.161 e. The van der Waals surface area contributed by atoms with E-state index in [0.717, 1.165) is 18.0 Å². The highest BCUT2D eigenvalue weighted by Crippen LogP contribution is 2.29. The Labute approximate surface area is 132 Å². The normalized spacial score (nSPS) is 12.8. The summed E-state index contributed by atoms with van der Waals surface area (Å²) in [7, 11) is 1.67. The fourth-order valence-corrected chi connectivity index (χ4v) is 2.99. The zero-order valence-electron chi connectivity index (χ0n) is 13.3. The first kappa shape index (κ1) is 14.8. The van der Waals surface area contributed by atoms with Gasteiger partial charge in [0.2, 0.25) is 0 Å². The van der Waals surface area contributed by atoms with Gasteiger partial charge in [0.15, 0.2) is 11.5 Å². The largest absolute Gasteiger partial charge is 0.493 e. The van der Waals surface area contributed by atoms with Crippen LogP contribution in [0.15, 0.2) is 36.4 Å². The maximum atomic E-state index is 5.63. The number of hydrogen-bond donors (Lipinski definition) is 1. The molecule has 22 heavy (non-hydrogen) atoms. The van der Waals surface area contributed by atoms with Crippen LogP contribution >= 0.6 is 0 Å². The number of ether oxygens (including phenoxy) is 2. The van der Waals surface area contributed by atoms with E-state index < -0.39 is 0 Å². The molecule has 1 aliphatic carbocycles. The third kappa shape index (κ3) is 3.19. The lowest BCUT2D eigenvalue weighted by molar-refractivity contribution is 0.310. The van der Waals surface area contributed by atoms with Gasteiger partial charge in [-0.1, -0.05) is 12.1 Å². The predicted molar refractivity (Wildman–Crippen MR) is 90.0 cm³/mol. The van der Waals surface area contributed by atoms with Crippen LogP contribution in [0.3, 0.4) is 0 Å². The number of hydrogen-bond acceptors (Lipinski definition) is 3. The lowest BCUT2D eigenvalue weighted by Gasteiger charge is -2.12. The molecule has 0 fully saturated rings. The van der Waals surface area contributed by atoms with E-state index in [1.165, 1.54) is 41.6 Å². The molecule has 2 aromatic carbocycles. The number of fused-ring (bicyclic) bond motifs is 1. The van der Waals surface area contributed by atoms with Gasteiger partial charge in [-0.3, -0.25) is 0 Å². The van der Waals surface area contributed by atoms with Gasteiger partial charge in [0.05, 0.1) is 13.7 Å². The molecule has 1 N–H and O–H groups in total. The Kier molecular flexibility index (Phi) is 4.52. The molecule has 0 saturated carbocycles. The quantitative estimate of drug-likeness (QED) is 0.867. The summed E-state index contributed by atoms with van der Waals surface area (Å²) in [4.78, 5) is 0. The number of anilines is 1. The van der Waals surface area contributed by atoms with E-state index in [4.69, 9.17) is 9.47 Å². The van der Waals surface area contributed by atoms with Gasteiger partial charge in [-0.15, -0.1) is 0 Å². The van der Waals surface area contributed by atoms with E-state index in [-0.39, 0.29) is 0 Å². The van der Waals surface area contributed by atoms with Gasteiger partial charge in [0, 0.05) is 12.2 Å². The zero-order chi connectivity index (χ0) is 15.4. The monoisotopic (exact) mass is 297 g/mol. The molecule has 2 aromatic rings. The molecule has 1 aliphatic rings. The summed E-state index contributed by atoms with van der Waals surface area (Å²) in [6.45, 7) is 3.40. The highest BCUT2D eigenvalue weighted by atomic mass is 16.5. The number of methoxy groups -OCH3 is 1. The van der Waals surface area contributed by atoms with Crippen molar-refractivity contribution in [2.75, 3.05) is 19.0 Å². The van der Waals surface area contributed by atoms with Crippen LogP contribution in [0.4, 0.5) is 5.69 Å². The Balaban J connectivity index is 1.69. The Bertz CT molecular complexity index is 652. The number of aryl methyl sites for hydroxylation is 2. The highest BCUT2D eigenvalue weighted by Gasteiger charge is 2.11. The highest BCUT2D eigenvalue weighted by molar-refractivity contribution is 5.51. The molecule has 0 bridgehead atoms. The third-order valence-electron chi connectivity index (χ3n) is 4.12. The van der Waals surface area contributed by atoms with Gasteiger partial charge in [-0.25, -0.2) is 0 Å². The average Bonchev–Trinajstić information content (AvgIpc) is 3.01. The van der Waals surface area contributed by atoms with Crippen molar-refractivity contribution in [3.05, 3.63) is 53.1 Å². The van der Waals surface area contributed by atoms with Crippen LogP contribution in [0, 0.1) is 0 Å². The van der Waals surface area contributed by atoms with Crippen LogP contribution in [0.2, 0.25) is 0 Å². The molecule has 3 heteroatoms. The van der Waals surface area contributed by atoms with Gasteiger partial charge in [-0.05, 0) is 67.1 Å². The van der Waals surface area contributed by atoms with Crippen molar-refractivity contribution in [3.63, 3.8) is 0 Å². The van der Waals surface area contributed by atoms with E-state index in [0.29, 0.717) is 6.61 Å². The van der Waals surface area contributed by atoms with Gasteiger partial charge < -0.3 is 14.8 Å². The molecule has 0 unspecified atom stereocenters. The third-order valence-corrected chi connectivity index (χ3v) is 4.12. The molecule has 0 radical (unpaired) electrons. The minimum Gasteiger partial charge on any atom is -0.493 e. The smallest absolute Gasteiger partial charge is 0.161 e. The summed E-state index contributed by atoms with van der Waals surface area (Å²) >= 11 is 0. The number of rotatable bonds is 6. The molecule has 3 nitrogen and oxygen atoms in total. The van der Waals surface area contributed by atoms with Crippen LogP contribution in [0.5, 0.6) is 11.5 Å². The first-order valence-corrected chi connectivity index (χ1v) is 7.95. The van der Waals surface area contributed by atoms with Crippen LogP contribution in [0.25, 0.3) is 0 Å². The second kappa shape index (κ2) is 6.73. The SMILES string of the molecule is CCOc1cc(CNc2ccc3c(c2)CCC3)ccc1OC. The number of benzene rings is 2. The molecule has 0 spiro atoms. The Morgan fingerprint density at radius 2 is 1.86 bits per heavy atom. The van der Waals surface area contributed by atoms with E-state index in [2.05, 4.69) is 29.6 Å². The lowest BCUT2D eigenvalue weighted by atomic mass is 10.1. The first-order chi connectivity index (χ1) is 10.8. The van der Waals surface area contributed by atoms with E-state index in [1.807, 2.05) is 19.1 Å². The van der Waals surface area contributed by atoms with Gasteiger partial charge >= 0.3 is 0 Å². The Hall–Kier alpha value is -2.16. The minimum absolute atomic E-state index is 0.637. The molecule has 0 atom stereocenters. The molecule has 116 valence electrons. The average molecular weight is 297 g/mol. The number of nitrogens with one attached hydrogen (secondary N) is 1. The van der Waals surface area contributed by atoms with E-state index >= 15 is 0 Å². The molecule has 0 aliphatic heterocycles. The second-order valence-electron chi connectivity index (χ2n) is 5.61. The van der Waals surface area contributed by atoms with Crippen molar-refractivity contribution >= 4 is 5.69 Å². The summed E-state index contributed by atoms with van der Waals surface area (Å²) in [5, 5.41) is 3.50. The first-order valence-electron chi connectivity index (χ1n) is 7.95. The molecule has 0 amide bonds. The molecule has 3 rings (SSSR count). The van der Waals surface area contributed by atoms with E-state index in [9.17, 15) is 0 Å². The van der Waals surface area contributed by atoms with Crippen LogP contribution in [-0.4, -0.2) is 13.7 Å². The zero-order valence-corrected chi connectivity index (χ0v) is 13.3. The minimum atomic E-state index is 0.637. The van der Waals surface area contributed by atoms with Crippen molar-refractivity contribution in [2.24, 2.45) is 0 Å². The van der Waals surface area contributed by atoms with E-state index in [1.54, 1.807) is 7.11 Å². The van der Waals surface area contributed by atoms with Gasteiger partial charge in [0.1, 0.15) is 0 Å². The second-order valence-corrected chi connectivity index (χ2v) is 5.61. The molecule has 0 heterocycles. The summed E-state index contributed by atoms with van der Waals surface area (Å²) in [6, 6.07) is 12.8. The molecule has 0 aromatic heterocycles. The summed E-state index contributed by atoms with van der Waals surface area (Å²) in [6.07, 6.45) is 3.72. The van der Waals surface area contributed by atoms with Gasteiger partial charge in [-0.2, -0.15) is 0 Å². The molecular formula is C19H23NO2. The van der Waals surface area contributed by atoms with Crippen molar-refractivity contribution in [2.45, 2.75) is 32.7 Å². The summed E-state index contributed by atoms with van der Waals surface area (Å²) in [5.74, 6) is 1.58. The molecular weight excluding hydrogens is 274 g/mol. The summed E-state index contributed by atoms with van der Waals surface area (Å²) in [5.41, 5.74) is 5.38. The molecule has 0 saturated heterocycles. The van der Waals surface area contributed by atoms with Gasteiger partial charge in [0.25, 0.3) is 0 Å². The van der Waals surface area contributed by atoms with Crippen molar-refractivity contribution in [3.8, 4) is 11.5 Å². The maximum absolute atomic E-state index is 5.63. The van der Waals surface area contributed by atoms with Crippen molar-refractivity contribution in [1.29, 1.82) is 0 Å². The Morgan fingerprint density at radius 1 is 1.00 bits per heavy atom. The fourth-order valence-electron chi connectivity index (χ4n) is 2.99. The van der Waals surface area contributed by atoms with Crippen molar-refractivity contribution < 1.29 is 9.47 Å². The van der Waals surface area contributed by atoms with Crippen molar-refractivity contribution in [1.82, 2.24) is 0 Å². The van der Waals surface area contributed by atoms with Crippen LogP contribution in [0.1, 0.15) is 30.0 Å². The lowest BCUT2D eigenvalue weighted by Crippen LogP contribution is -2.02. The Morgan fingerprint density at radius 3 is 2.68 bits per heavy atom. The summed E-state index contributed by atoms with van der Waals surface area (Å²) < 4.78 is 10.9. The fraction of sp³-hybridized carbons (Fsp3) is 0.368. The topological polar surface area (TPSA) is 30.5 Å². The predicted octanol–water partition coefficient (Wildman–Crippen LogP) is 4.19.